The standard InChI is InChI=1S/C15H21F3N2O/c1-10(20-13-6-4-12(19)5-7-13)11-2-8-14(9-3-11)21-15(16,17)18/h2-3,8-10,12-13,20H,4-7,19H2,1H3. The predicted molar refractivity (Wildman–Crippen MR) is 74.9 cm³/mol. The van der Waals surface area contributed by atoms with E-state index in [1.165, 1.54) is 12.1 Å². The summed E-state index contributed by atoms with van der Waals surface area (Å²) >= 11 is 0. The van der Waals surface area contributed by atoms with Crippen LogP contribution in [0.1, 0.15) is 44.2 Å². The van der Waals surface area contributed by atoms with Crippen molar-refractivity contribution < 1.29 is 17.9 Å². The van der Waals surface area contributed by atoms with Crippen LogP contribution >= 0.6 is 0 Å². The summed E-state index contributed by atoms with van der Waals surface area (Å²) in [6.45, 7) is 2.01. The number of halogens is 3. The van der Waals surface area contributed by atoms with Gasteiger partial charge in [-0.25, -0.2) is 0 Å². The molecular weight excluding hydrogens is 281 g/mol. The van der Waals surface area contributed by atoms with Gasteiger partial charge in [-0.15, -0.1) is 13.2 Å². The van der Waals surface area contributed by atoms with E-state index in [2.05, 4.69) is 10.1 Å². The molecule has 0 bridgehead atoms. The van der Waals surface area contributed by atoms with E-state index in [9.17, 15) is 13.2 Å². The van der Waals surface area contributed by atoms with Crippen LogP contribution < -0.4 is 15.8 Å². The number of nitrogens with two attached hydrogens (primary N) is 1. The molecule has 1 aliphatic rings. The van der Waals surface area contributed by atoms with E-state index in [1.807, 2.05) is 6.92 Å². The Bertz CT molecular complexity index is 439. The lowest BCUT2D eigenvalue weighted by Gasteiger charge is -2.29. The molecule has 0 spiro atoms. The van der Waals surface area contributed by atoms with E-state index in [0.29, 0.717) is 12.1 Å². The Kier molecular flexibility index (Phi) is 5.11. The van der Waals surface area contributed by atoms with Crippen LogP contribution in [0, 0.1) is 0 Å². The third-order valence-electron chi connectivity index (χ3n) is 3.87. The van der Waals surface area contributed by atoms with Gasteiger partial charge >= 0.3 is 6.36 Å². The van der Waals surface area contributed by atoms with Gasteiger partial charge in [-0.2, -0.15) is 0 Å². The summed E-state index contributed by atoms with van der Waals surface area (Å²) < 4.78 is 40.2. The molecule has 0 heterocycles. The number of alkyl halides is 3. The van der Waals surface area contributed by atoms with Crippen molar-refractivity contribution in [1.82, 2.24) is 5.32 Å². The molecule has 3 N–H and O–H groups in total. The zero-order valence-corrected chi connectivity index (χ0v) is 12.0. The average Bonchev–Trinajstić information content (AvgIpc) is 2.40. The highest BCUT2D eigenvalue weighted by molar-refractivity contribution is 5.29. The van der Waals surface area contributed by atoms with Gasteiger partial charge in [0.05, 0.1) is 0 Å². The second kappa shape index (κ2) is 6.66. The number of nitrogens with one attached hydrogen (secondary N) is 1. The molecule has 1 aromatic carbocycles. The summed E-state index contributed by atoms with van der Waals surface area (Å²) in [7, 11) is 0. The monoisotopic (exact) mass is 302 g/mol. The second-order valence-electron chi connectivity index (χ2n) is 5.62. The molecule has 0 aromatic heterocycles. The van der Waals surface area contributed by atoms with Crippen molar-refractivity contribution in [3.8, 4) is 5.75 Å². The Morgan fingerprint density at radius 3 is 2.24 bits per heavy atom. The van der Waals surface area contributed by atoms with Crippen LogP contribution in [0.15, 0.2) is 24.3 Å². The van der Waals surface area contributed by atoms with E-state index in [4.69, 9.17) is 5.73 Å². The van der Waals surface area contributed by atoms with Crippen LogP contribution in [0.4, 0.5) is 13.2 Å². The lowest BCUT2D eigenvalue weighted by molar-refractivity contribution is -0.274. The Morgan fingerprint density at radius 1 is 1.14 bits per heavy atom. The molecule has 1 saturated carbocycles. The number of ether oxygens (including phenoxy) is 1. The highest BCUT2D eigenvalue weighted by Crippen LogP contribution is 2.25. The number of hydrogen-bond donors (Lipinski definition) is 2. The average molecular weight is 302 g/mol. The highest BCUT2D eigenvalue weighted by Gasteiger charge is 2.31. The zero-order chi connectivity index (χ0) is 15.5. The zero-order valence-electron chi connectivity index (χ0n) is 12.0. The molecule has 1 aromatic rings. The fourth-order valence-corrected chi connectivity index (χ4v) is 2.69. The Labute approximate surface area is 122 Å². The van der Waals surface area contributed by atoms with Crippen LogP contribution in [0.2, 0.25) is 0 Å². The summed E-state index contributed by atoms with van der Waals surface area (Å²) in [6, 6.07) is 6.82. The highest BCUT2D eigenvalue weighted by atomic mass is 19.4. The fraction of sp³-hybridized carbons (Fsp3) is 0.600. The molecular formula is C15H21F3N2O. The Morgan fingerprint density at radius 2 is 1.71 bits per heavy atom. The molecule has 21 heavy (non-hydrogen) atoms. The van der Waals surface area contributed by atoms with E-state index in [-0.39, 0.29) is 11.8 Å². The van der Waals surface area contributed by atoms with Crippen molar-refractivity contribution in [2.24, 2.45) is 5.73 Å². The second-order valence-corrected chi connectivity index (χ2v) is 5.62. The first-order valence-corrected chi connectivity index (χ1v) is 7.21. The van der Waals surface area contributed by atoms with E-state index < -0.39 is 6.36 Å². The van der Waals surface area contributed by atoms with Gasteiger partial charge in [-0.1, -0.05) is 12.1 Å². The quantitative estimate of drug-likeness (QED) is 0.895. The molecule has 2 rings (SSSR count). The molecule has 1 fully saturated rings. The lowest BCUT2D eigenvalue weighted by atomic mass is 9.91. The number of benzene rings is 1. The largest absolute Gasteiger partial charge is 0.573 e. The van der Waals surface area contributed by atoms with Crippen molar-refractivity contribution in [3.63, 3.8) is 0 Å². The summed E-state index contributed by atoms with van der Waals surface area (Å²) in [5, 5.41) is 3.50. The molecule has 1 aliphatic carbocycles. The first-order chi connectivity index (χ1) is 9.83. The summed E-state index contributed by atoms with van der Waals surface area (Å²) in [5.74, 6) is -0.193. The molecule has 1 atom stereocenters. The van der Waals surface area contributed by atoms with E-state index in [0.717, 1.165) is 31.2 Å². The normalized spacial score (nSPS) is 24.6. The molecule has 1 unspecified atom stereocenters. The van der Waals surface area contributed by atoms with Crippen LogP contribution in [-0.4, -0.2) is 18.4 Å². The third-order valence-corrected chi connectivity index (χ3v) is 3.87. The van der Waals surface area contributed by atoms with Crippen molar-refractivity contribution in [2.45, 2.75) is 57.1 Å². The SMILES string of the molecule is CC(NC1CCC(N)CC1)c1ccc(OC(F)(F)F)cc1. The minimum Gasteiger partial charge on any atom is -0.406 e. The molecule has 118 valence electrons. The predicted octanol–water partition coefficient (Wildman–Crippen LogP) is 3.51. The maximum Gasteiger partial charge on any atom is 0.573 e. The van der Waals surface area contributed by atoms with Crippen molar-refractivity contribution in [1.29, 1.82) is 0 Å². The Balaban J connectivity index is 1.89. The maximum absolute atomic E-state index is 12.1. The summed E-state index contributed by atoms with van der Waals surface area (Å²) in [4.78, 5) is 0. The van der Waals surface area contributed by atoms with E-state index in [1.54, 1.807) is 12.1 Å². The van der Waals surface area contributed by atoms with Gasteiger partial charge < -0.3 is 15.8 Å². The van der Waals surface area contributed by atoms with Crippen LogP contribution in [0.25, 0.3) is 0 Å². The van der Waals surface area contributed by atoms with Gasteiger partial charge in [-0.3, -0.25) is 0 Å². The van der Waals surface area contributed by atoms with Gasteiger partial charge in [0.2, 0.25) is 0 Å². The van der Waals surface area contributed by atoms with Gasteiger partial charge in [0, 0.05) is 18.1 Å². The maximum atomic E-state index is 12.1. The molecule has 0 radical (unpaired) electrons. The van der Waals surface area contributed by atoms with Gasteiger partial charge in [0.15, 0.2) is 0 Å². The molecule has 0 aliphatic heterocycles. The van der Waals surface area contributed by atoms with Gasteiger partial charge in [0.25, 0.3) is 0 Å². The lowest BCUT2D eigenvalue weighted by Crippen LogP contribution is -2.38. The minimum absolute atomic E-state index is 0.0873. The van der Waals surface area contributed by atoms with Crippen LogP contribution in [0.5, 0.6) is 5.75 Å². The first-order valence-electron chi connectivity index (χ1n) is 7.21. The Hall–Kier alpha value is -1.27. The number of rotatable bonds is 4. The topological polar surface area (TPSA) is 47.3 Å². The molecule has 0 amide bonds. The van der Waals surface area contributed by atoms with Gasteiger partial charge in [-0.05, 0) is 50.3 Å². The fourth-order valence-electron chi connectivity index (χ4n) is 2.69. The minimum atomic E-state index is -4.65. The van der Waals surface area contributed by atoms with Gasteiger partial charge in [0.1, 0.15) is 5.75 Å². The van der Waals surface area contributed by atoms with Crippen LogP contribution in [-0.2, 0) is 0 Å². The van der Waals surface area contributed by atoms with Crippen molar-refractivity contribution in [3.05, 3.63) is 29.8 Å². The molecule has 3 nitrogen and oxygen atoms in total. The molecule has 6 heteroatoms. The van der Waals surface area contributed by atoms with E-state index >= 15 is 0 Å². The first kappa shape index (κ1) is 16.1. The summed E-state index contributed by atoms with van der Waals surface area (Å²) in [5.41, 5.74) is 6.82. The van der Waals surface area contributed by atoms with Crippen molar-refractivity contribution in [2.75, 3.05) is 0 Å². The molecule has 0 saturated heterocycles. The van der Waals surface area contributed by atoms with Crippen molar-refractivity contribution >= 4 is 0 Å². The number of hydrogen-bond acceptors (Lipinski definition) is 3. The summed E-state index contributed by atoms with van der Waals surface area (Å²) in [6.07, 6.45) is -0.528. The third kappa shape index (κ3) is 5.21. The van der Waals surface area contributed by atoms with Crippen LogP contribution in [0.3, 0.4) is 0 Å². The smallest absolute Gasteiger partial charge is 0.406 e.